The molecule has 0 bridgehead atoms. The number of carbonyl (C=O) groups is 2. The van der Waals surface area contributed by atoms with Crippen LogP contribution in [0.3, 0.4) is 0 Å². The van der Waals surface area contributed by atoms with Gasteiger partial charge in [0.25, 0.3) is 5.92 Å². The lowest BCUT2D eigenvalue weighted by Crippen LogP contribution is -2.35. The van der Waals surface area contributed by atoms with E-state index in [4.69, 9.17) is 11.6 Å². The number of hydrogen-bond donors (Lipinski definition) is 1. The van der Waals surface area contributed by atoms with Gasteiger partial charge in [-0.05, 0) is 68.5 Å². The Morgan fingerprint density at radius 1 is 0.939 bits per heavy atom. The molecule has 0 saturated carbocycles. The largest absolute Gasteiger partial charge is 0.435 e. The van der Waals surface area contributed by atoms with Crippen LogP contribution in [0.2, 0.25) is 5.02 Å². The van der Waals surface area contributed by atoms with E-state index in [9.17, 15) is 61.5 Å². The molecule has 2 amide bonds. The number of rotatable bonds is 11. The number of benzene rings is 2. The zero-order valence-corrected chi connectivity index (χ0v) is 37.2. The molecule has 2 aromatic carbocycles. The average molecular weight is 998 g/mol. The van der Waals surface area contributed by atoms with Gasteiger partial charge in [0.2, 0.25) is 21.8 Å². The maximum absolute atomic E-state index is 15.1. The predicted octanol–water partition coefficient (Wildman–Crippen LogP) is 7.43. The molecule has 0 saturated heterocycles. The van der Waals surface area contributed by atoms with Crippen LogP contribution in [0.1, 0.15) is 67.1 Å². The molecule has 0 unspecified atom stereocenters. The lowest BCUT2D eigenvalue weighted by atomic mass is 9.93. The van der Waals surface area contributed by atoms with Crippen molar-refractivity contribution in [3.63, 3.8) is 0 Å². The Hall–Kier alpha value is -5.74. The maximum atomic E-state index is 15.1. The fourth-order valence-corrected chi connectivity index (χ4v) is 8.62. The highest BCUT2D eigenvalue weighted by molar-refractivity contribution is 7.93. The number of sulfonamides is 1. The van der Waals surface area contributed by atoms with E-state index >= 15 is 8.78 Å². The van der Waals surface area contributed by atoms with Gasteiger partial charge in [-0.15, -0.1) is 0 Å². The molecule has 3 aromatic heterocycles. The molecule has 66 heavy (non-hydrogen) atoms. The first-order valence-electron chi connectivity index (χ1n) is 19.0. The van der Waals surface area contributed by atoms with Gasteiger partial charge in [-0.1, -0.05) is 23.6 Å². The Morgan fingerprint density at radius 2 is 1.56 bits per heavy atom. The number of fused-ring (bicyclic) bond motifs is 2. The molecule has 0 fully saturated rings. The highest BCUT2D eigenvalue weighted by Gasteiger charge is 2.50. The molecular weight excluding hydrogens is 964 g/mol. The second-order valence-electron chi connectivity index (χ2n) is 15.8. The predicted molar refractivity (Wildman–Crippen MR) is 218 cm³/mol. The van der Waals surface area contributed by atoms with E-state index in [0.717, 1.165) is 49.6 Å². The summed E-state index contributed by atoms with van der Waals surface area (Å²) < 4.78 is 194. The first kappa shape index (κ1) is 49.7. The molecule has 0 spiro atoms. The quantitative estimate of drug-likeness (QED) is 0.105. The number of nitrogens with zero attached hydrogens (tertiary/aromatic N) is 6. The summed E-state index contributed by atoms with van der Waals surface area (Å²) in [5, 5.41) is 8.60. The summed E-state index contributed by atoms with van der Waals surface area (Å²) in [7, 11) is -8.50. The van der Waals surface area contributed by atoms with Crippen LogP contribution in [0.25, 0.3) is 22.0 Å². The van der Waals surface area contributed by atoms with Crippen LogP contribution in [0, 0.1) is 23.5 Å². The Balaban J connectivity index is 1.65. The molecule has 3 heterocycles. The van der Waals surface area contributed by atoms with E-state index < -0.39 is 149 Å². The molecule has 0 radical (unpaired) electrons. The Bertz CT molecular complexity index is 3080. The van der Waals surface area contributed by atoms with Gasteiger partial charge in [0.1, 0.15) is 40.9 Å². The number of aromatic nitrogens is 5. The van der Waals surface area contributed by atoms with Crippen molar-refractivity contribution in [3.8, 4) is 23.0 Å². The average Bonchev–Trinajstić information content (AvgIpc) is 3.80. The van der Waals surface area contributed by atoms with Gasteiger partial charge < -0.3 is 5.32 Å². The maximum Gasteiger partial charge on any atom is 0.435 e. The van der Waals surface area contributed by atoms with Crippen molar-refractivity contribution < 1.29 is 70.3 Å². The summed E-state index contributed by atoms with van der Waals surface area (Å²) >= 11 is 6.52. The van der Waals surface area contributed by atoms with Crippen LogP contribution in [0.5, 0.6) is 0 Å². The first-order chi connectivity index (χ1) is 30.2. The van der Waals surface area contributed by atoms with Crippen molar-refractivity contribution in [1.82, 2.24) is 29.9 Å². The molecule has 1 N–H and O–H groups in total. The minimum absolute atomic E-state index is 0.0978. The number of carbonyl (C=O) groups excluding carboxylic acids is 2. The summed E-state index contributed by atoms with van der Waals surface area (Å²) in [6, 6.07) is 4.86. The minimum Gasteiger partial charge on any atom is -0.346 e. The Kier molecular flexibility index (Phi) is 12.9. The number of pyridine rings is 1. The van der Waals surface area contributed by atoms with Gasteiger partial charge in [0.15, 0.2) is 21.3 Å². The van der Waals surface area contributed by atoms with Crippen LogP contribution in [0.15, 0.2) is 42.5 Å². The molecule has 1 aliphatic rings. The molecule has 13 nitrogen and oxygen atoms in total. The van der Waals surface area contributed by atoms with Crippen molar-refractivity contribution in [2.75, 3.05) is 16.8 Å². The summed E-state index contributed by atoms with van der Waals surface area (Å²) in [6.45, 7) is 0.0396. The minimum atomic E-state index is -5.21. The number of alkyl halides is 8. The lowest BCUT2D eigenvalue weighted by molar-refractivity contribution is -0.143. The molecule has 5 aromatic rings. The fraction of sp³-hybridized carbons (Fsp3) is 0.375. The van der Waals surface area contributed by atoms with Crippen LogP contribution in [-0.2, 0) is 67.5 Å². The lowest BCUT2D eigenvalue weighted by Gasteiger charge is -2.23. The Morgan fingerprint density at radius 3 is 2.12 bits per heavy atom. The summed E-state index contributed by atoms with van der Waals surface area (Å²) in [5.41, 5.74) is -5.85. The van der Waals surface area contributed by atoms with Crippen LogP contribution >= 0.6 is 11.6 Å². The summed E-state index contributed by atoms with van der Waals surface area (Å²) in [5.74, 6) is -4.47. The van der Waals surface area contributed by atoms with Crippen molar-refractivity contribution in [2.24, 2.45) is 0 Å². The zero-order valence-electron chi connectivity index (χ0n) is 34.8. The van der Waals surface area contributed by atoms with E-state index in [-0.39, 0.29) is 36.1 Å². The molecule has 26 heteroatoms. The molecule has 6 rings (SSSR count). The third-order valence-corrected chi connectivity index (χ3v) is 13.6. The van der Waals surface area contributed by atoms with Crippen molar-refractivity contribution in [3.05, 3.63) is 93.0 Å². The molecule has 1 aliphatic carbocycles. The van der Waals surface area contributed by atoms with Crippen molar-refractivity contribution in [2.45, 2.75) is 82.2 Å². The van der Waals surface area contributed by atoms with Crippen molar-refractivity contribution >= 4 is 60.0 Å². The van der Waals surface area contributed by atoms with Gasteiger partial charge in [-0.3, -0.25) is 19.0 Å². The standard InChI is InChI=1S/C40H34ClF10N7O6S2/c1-20(59)58(66(5,63)64)36-31-28(41)9-8-26(33(31)57(55-36)19-39(46,47)48)25-7-6-24(10-12-37(2,3)65(4,61)62)52-32(25)29(16-21-14-22(42)17-23(43)15-21)53-30(60)18-56-35-27(11-13-38(35,44)45)34(54-56)40(49,50)51/h6-9,14-15,17,29H,11,13,16,18-19H2,1-5H3,(H,53,60)/t29-/m0/s1. The van der Waals surface area contributed by atoms with E-state index in [1.165, 1.54) is 13.8 Å². The highest BCUT2D eigenvalue weighted by atomic mass is 35.5. The number of amides is 2. The normalized spacial score (nSPS) is 14.7. The number of nitrogens with one attached hydrogen (secondary N) is 1. The number of hydrogen-bond acceptors (Lipinski definition) is 9. The van der Waals surface area contributed by atoms with Crippen LogP contribution in [-0.4, -0.2) is 76.6 Å². The topological polar surface area (TPSA) is 166 Å². The Labute approximate surface area is 374 Å². The number of anilines is 1. The van der Waals surface area contributed by atoms with Gasteiger partial charge in [-0.25, -0.2) is 30.6 Å². The van der Waals surface area contributed by atoms with Crippen molar-refractivity contribution in [1.29, 1.82) is 0 Å². The van der Waals surface area contributed by atoms with E-state index in [0.29, 0.717) is 12.3 Å². The fourth-order valence-electron chi connectivity index (χ4n) is 7.23. The second-order valence-corrected chi connectivity index (χ2v) is 20.6. The van der Waals surface area contributed by atoms with Gasteiger partial charge in [0.05, 0.1) is 33.9 Å². The summed E-state index contributed by atoms with van der Waals surface area (Å²) in [6.07, 6.45) is -11.3. The second kappa shape index (κ2) is 17.2. The molecule has 0 aliphatic heterocycles. The zero-order chi connectivity index (χ0) is 49.3. The van der Waals surface area contributed by atoms with E-state index in [2.05, 4.69) is 32.3 Å². The third kappa shape index (κ3) is 10.3. The van der Waals surface area contributed by atoms with E-state index in [1.54, 1.807) is 0 Å². The smallest absolute Gasteiger partial charge is 0.346 e. The van der Waals surface area contributed by atoms with E-state index in [1.807, 2.05) is 0 Å². The highest BCUT2D eigenvalue weighted by Crippen LogP contribution is 2.47. The van der Waals surface area contributed by atoms with Gasteiger partial charge >= 0.3 is 12.4 Å². The van der Waals surface area contributed by atoms with Crippen LogP contribution in [0.4, 0.5) is 49.7 Å². The van der Waals surface area contributed by atoms with Gasteiger partial charge in [0, 0.05) is 42.4 Å². The third-order valence-electron chi connectivity index (χ3n) is 10.3. The SMILES string of the molecule is CC(=O)N(c1nn(CC(F)(F)F)c2c(-c3ccc(C#CC(C)(C)S(C)(=O)=O)nc3[C@H](Cc3cc(F)cc(F)c3)NC(=O)Cn3nc(C(F)(F)F)c4c3C(F)(F)CC4)ccc(Cl)c12)S(C)(=O)=O. The monoisotopic (exact) mass is 997 g/mol. The number of sulfone groups is 1. The molecular formula is C40H34ClF10N7O6S2. The first-order valence-corrected chi connectivity index (χ1v) is 23.1. The van der Waals surface area contributed by atoms with Crippen LogP contribution < -0.4 is 9.62 Å². The summed E-state index contributed by atoms with van der Waals surface area (Å²) in [4.78, 5) is 31.2. The van der Waals surface area contributed by atoms with Gasteiger partial charge in [-0.2, -0.15) is 49.6 Å². The molecule has 354 valence electrons. The molecule has 1 atom stereocenters. The number of halogens is 11.